The Morgan fingerprint density at radius 1 is 1.33 bits per heavy atom. The molecule has 0 heterocycles. The van der Waals surface area contributed by atoms with E-state index in [4.69, 9.17) is 10.5 Å². The van der Waals surface area contributed by atoms with E-state index in [0.717, 1.165) is 19.3 Å². The SMILES string of the molecule is CC1CCCCC1(CN)NS(=O)(=O)c1ccc(OCC(F)F)cc1. The molecule has 8 heteroatoms. The largest absolute Gasteiger partial charge is 0.488 e. The number of halogens is 2. The van der Waals surface area contributed by atoms with Crippen molar-refractivity contribution in [3.63, 3.8) is 0 Å². The average Bonchev–Trinajstić information content (AvgIpc) is 2.55. The van der Waals surface area contributed by atoms with Gasteiger partial charge < -0.3 is 10.5 Å². The van der Waals surface area contributed by atoms with Crippen molar-refractivity contribution in [1.29, 1.82) is 0 Å². The number of benzene rings is 1. The molecule has 24 heavy (non-hydrogen) atoms. The second-order valence-corrected chi connectivity index (χ2v) is 7.97. The Kier molecular flexibility index (Phi) is 6.17. The first-order valence-electron chi connectivity index (χ1n) is 8.04. The lowest BCUT2D eigenvalue weighted by Gasteiger charge is -2.42. The summed E-state index contributed by atoms with van der Waals surface area (Å²) in [5, 5.41) is 0. The van der Waals surface area contributed by atoms with Crippen molar-refractivity contribution in [3.8, 4) is 5.75 Å². The van der Waals surface area contributed by atoms with Crippen LogP contribution in [0, 0.1) is 5.92 Å². The van der Waals surface area contributed by atoms with Gasteiger partial charge in [-0.05, 0) is 43.0 Å². The van der Waals surface area contributed by atoms with E-state index in [2.05, 4.69) is 4.72 Å². The molecule has 136 valence electrons. The molecular formula is C16H24F2N2O3S. The van der Waals surface area contributed by atoms with Crippen molar-refractivity contribution in [1.82, 2.24) is 4.72 Å². The average molecular weight is 362 g/mol. The van der Waals surface area contributed by atoms with Crippen LogP contribution in [0.4, 0.5) is 8.78 Å². The minimum absolute atomic E-state index is 0.0671. The van der Waals surface area contributed by atoms with Crippen molar-refractivity contribution in [2.45, 2.75) is 49.5 Å². The molecule has 2 atom stereocenters. The second kappa shape index (κ2) is 7.76. The molecule has 5 nitrogen and oxygen atoms in total. The second-order valence-electron chi connectivity index (χ2n) is 6.29. The third kappa shape index (κ3) is 4.43. The predicted octanol–water partition coefficient (Wildman–Crippen LogP) is 2.52. The van der Waals surface area contributed by atoms with E-state index >= 15 is 0 Å². The van der Waals surface area contributed by atoms with Crippen LogP contribution < -0.4 is 15.2 Å². The molecule has 0 spiro atoms. The van der Waals surface area contributed by atoms with E-state index < -0.39 is 28.6 Å². The molecular weight excluding hydrogens is 338 g/mol. The Morgan fingerprint density at radius 3 is 2.54 bits per heavy atom. The molecule has 1 aliphatic carbocycles. The molecule has 1 aromatic carbocycles. The summed E-state index contributed by atoms with van der Waals surface area (Å²) >= 11 is 0. The van der Waals surface area contributed by atoms with Crippen molar-refractivity contribution in [3.05, 3.63) is 24.3 Å². The quantitative estimate of drug-likeness (QED) is 0.781. The molecule has 0 aromatic heterocycles. The first-order chi connectivity index (χ1) is 11.3. The Morgan fingerprint density at radius 2 is 2.00 bits per heavy atom. The lowest BCUT2D eigenvalue weighted by atomic mass is 9.74. The number of hydrogen-bond donors (Lipinski definition) is 2. The van der Waals surface area contributed by atoms with Gasteiger partial charge in [-0.3, -0.25) is 0 Å². The molecule has 1 aromatic rings. The van der Waals surface area contributed by atoms with Crippen LogP contribution in [0.2, 0.25) is 0 Å². The van der Waals surface area contributed by atoms with Crippen LogP contribution in [0.3, 0.4) is 0 Å². The highest BCUT2D eigenvalue weighted by Crippen LogP contribution is 2.34. The van der Waals surface area contributed by atoms with E-state index in [9.17, 15) is 17.2 Å². The smallest absolute Gasteiger partial charge is 0.272 e. The fourth-order valence-electron chi connectivity index (χ4n) is 3.11. The summed E-state index contributed by atoms with van der Waals surface area (Å²) in [4.78, 5) is 0.0671. The van der Waals surface area contributed by atoms with Crippen LogP contribution >= 0.6 is 0 Å². The zero-order chi connectivity index (χ0) is 17.8. The fourth-order valence-corrected chi connectivity index (χ4v) is 4.64. The zero-order valence-electron chi connectivity index (χ0n) is 13.7. The third-order valence-corrected chi connectivity index (χ3v) is 6.23. The maximum atomic E-state index is 12.7. The Bertz CT molecular complexity index is 637. The van der Waals surface area contributed by atoms with Crippen molar-refractivity contribution in [2.24, 2.45) is 11.7 Å². The van der Waals surface area contributed by atoms with E-state index in [1.165, 1.54) is 24.3 Å². The van der Waals surface area contributed by atoms with Crippen LogP contribution in [0.25, 0.3) is 0 Å². The monoisotopic (exact) mass is 362 g/mol. The maximum Gasteiger partial charge on any atom is 0.272 e. The molecule has 3 N–H and O–H groups in total. The van der Waals surface area contributed by atoms with Crippen LogP contribution in [0.1, 0.15) is 32.6 Å². The molecule has 2 unspecified atom stereocenters. The van der Waals surface area contributed by atoms with Crippen LogP contribution in [-0.4, -0.2) is 33.5 Å². The lowest BCUT2D eigenvalue weighted by molar-refractivity contribution is 0.0819. The number of alkyl halides is 2. The highest BCUT2D eigenvalue weighted by Gasteiger charge is 2.40. The van der Waals surface area contributed by atoms with Crippen molar-refractivity contribution >= 4 is 10.0 Å². The standard InChI is InChI=1S/C16H24F2N2O3S/c1-12-4-2-3-9-16(12,11-19)20-24(21,22)14-7-5-13(6-8-14)23-10-15(17)18/h5-8,12,15,20H,2-4,9-11,19H2,1H3. The minimum Gasteiger partial charge on any atom is -0.488 e. The van der Waals surface area contributed by atoms with Gasteiger partial charge >= 0.3 is 0 Å². The normalized spacial score (nSPS) is 25.0. The van der Waals surface area contributed by atoms with Crippen LogP contribution in [-0.2, 0) is 10.0 Å². The topological polar surface area (TPSA) is 81.4 Å². The van der Waals surface area contributed by atoms with Crippen molar-refractivity contribution < 1.29 is 21.9 Å². The molecule has 0 amide bonds. The summed E-state index contributed by atoms with van der Waals surface area (Å²) in [6.07, 6.45) is 1.07. The molecule has 1 fully saturated rings. The van der Waals surface area contributed by atoms with E-state index in [1.54, 1.807) is 0 Å². The number of rotatable bonds is 7. The van der Waals surface area contributed by atoms with Gasteiger partial charge in [0.1, 0.15) is 12.4 Å². The molecule has 2 rings (SSSR count). The van der Waals surface area contributed by atoms with E-state index in [0.29, 0.717) is 6.42 Å². The summed E-state index contributed by atoms with van der Waals surface area (Å²) < 4.78 is 57.2. The van der Waals surface area contributed by atoms with Gasteiger partial charge in [0.15, 0.2) is 0 Å². The number of nitrogens with one attached hydrogen (secondary N) is 1. The third-order valence-electron chi connectivity index (χ3n) is 4.67. The van der Waals surface area contributed by atoms with Gasteiger partial charge in [-0.15, -0.1) is 0 Å². The van der Waals surface area contributed by atoms with Gasteiger partial charge in [0.25, 0.3) is 6.43 Å². The zero-order valence-corrected chi connectivity index (χ0v) is 14.5. The highest BCUT2D eigenvalue weighted by molar-refractivity contribution is 7.89. The highest BCUT2D eigenvalue weighted by atomic mass is 32.2. The molecule has 0 saturated heterocycles. The van der Waals surface area contributed by atoms with Gasteiger partial charge in [0.05, 0.1) is 4.90 Å². The maximum absolute atomic E-state index is 12.7. The first-order valence-corrected chi connectivity index (χ1v) is 9.52. The molecule has 1 aliphatic rings. The van der Waals surface area contributed by atoms with Gasteiger partial charge in [-0.25, -0.2) is 21.9 Å². The van der Waals surface area contributed by atoms with Gasteiger partial charge in [0.2, 0.25) is 10.0 Å². The summed E-state index contributed by atoms with van der Waals surface area (Å²) in [7, 11) is -3.75. The van der Waals surface area contributed by atoms with E-state index in [1.807, 2.05) is 6.92 Å². The number of sulfonamides is 1. The number of hydrogen-bond acceptors (Lipinski definition) is 4. The molecule has 0 bridgehead atoms. The number of ether oxygens (including phenoxy) is 1. The summed E-state index contributed by atoms with van der Waals surface area (Å²) in [6, 6.07) is 5.44. The Balaban J connectivity index is 2.14. The van der Waals surface area contributed by atoms with Gasteiger partial charge in [0, 0.05) is 12.1 Å². The fraction of sp³-hybridized carbons (Fsp3) is 0.625. The van der Waals surface area contributed by atoms with Crippen LogP contribution in [0.5, 0.6) is 5.75 Å². The molecule has 1 saturated carbocycles. The lowest BCUT2D eigenvalue weighted by Crippen LogP contribution is -2.58. The molecule has 0 radical (unpaired) electrons. The summed E-state index contributed by atoms with van der Waals surface area (Å²) in [5.41, 5.74) is 5.25. The van der Waals surface area contributed by atoms with Crippen molar-refractivity contribution in [2.75, 3.05) is 13.2 Å². The first kappa shape index (κ1) is 19.1. The predicted molar refractivity (Wildman–Crippen MR) is 87.7 cm³/mol. The van der Waals surface area contributed by atoms with Gasteiger partial charge in [-0.2, -0.15) is 0 Å². The molecule has 0 aliphatic heterocycles. The Labute approximate surface area is 141 Å². The summed E-state index contributed by atoms with van der Waals surface area (Å²) in [5.74, 6) is 0.355. The minimum atomic E-state index is -3.75. The summed E-state index contributed by atoms with van der Waals surface area (Å²) in [6.45, 7) is 1.52. The Hall–Kier alpha value is -1.25. The van der Waals surface area contributed by atoms with E-state index in [-0.39, 0.29) is 23.1 Å². The number of nitrogens with two attached hydrogens (primary N) is 1. The van der Waals surface area contributed by atoms with Gasteiger partial charge in [-0.1, -0.05) is 19.8 Å². The van der Waals surface area contributed by atoms with Crippen LogP contribution in [0.15, 0.2) is 29.2 Å².